The molecular formula is C23H27NO8S. The molecule has 0 spiro atoms. The normalized spacial score (nSPS) is 11.6. The zero-order valence-electron chi connectivity index (χ0n) is 19.1. The highest BCUT2D eigenvalue weighted by atomic mass is 32.2. The molecule has 1 unspecified atom stereocenters. The summed E-state index contributed by atoms with van der Waals surface area (Å²) in [5, 5.41) is 4.16. The van der Waals surface area contributed by atoms with Crippen molar-refractivity contribution in [1.29, 1.82) is 0 Å². The van der Waals surface area contributed by atoms with Gasteiger partial charge in [0, 0.05) is 30.7 Å². The summed E-state index contributed by atoms with van der Waals surface area (Å²) in [4.78, 5) is 22.9. The molecule has 33 heavy (non-hydrogen) atoms. The molecule has 2 aromatic carbocycles. The molecule has 10 heteroatoms. The molecule has 1 atom stereocenters. The van der Waals surface area contributed by atoms with Gasteiger partial charge in [0.1, 0.15) is 34.2 Å². The van der Waals surface area contributed by atoms with Crippen LogP contribution in [0.15, 0.2) is 35.7 Å². The molecule has 2 rings (SSSR count). The van der Waals surface area contributed by atoms with Crippen LogP contribution >= 0.6 is 0 Å². The van der Waals surface area contributed by atoms with Crippen LogP contribution in [0.5, 0.6) is 23.0 Å². The SMILES string of the molecule is COc1cc(OC)c(/C=C/[S+]([O-])Cc2ccc(OC)c(NC(=O)COC(C)=O)c2)c(OC)c1. The lowest BCUT2D eigenvalue weighted by Crippen LogP contribution is -2.20. The summed E-state index contributed by atoms with van der Waals surface area (Å²) in [6.45, 7) is 0.803. The summed E-state index contributed by atoms with van der Waals surface area (Å²) in [7, 11) is 6.06. The summed E-state index contributed by atoms with van der Waals surface area (Å²) in [5.74, 6) is 1.14. The maximum atomic E-state index is 12.7. The minimum atomic E-state index is -1.38. The molecular weight excluding hydrogens is 450 g/mol. The first-order valence-corrected chi connectivity index (χ1v) is 11.1. The van der Waals surface area contributed by atoms with Gasteiger partial charge in [-0.1, -0.05) is 6.07 Å². The average Bonchev–Trinajstić information content (AvgIpc) is 2.81. The van der Waals surface area contributed by atoms with Gasteiger partial charge < -0.3 is 33.6 Å². The van der Waals surface area contributed by atoms with Crippen molar-refractivity contribution in [3.63, 3.8) is 0 Å². The van der Waals surface area contributed by atoms with E-state index < -0.39 is 29.7 Å². The fourth-order valence-electron chi connectivity index (χ4n) is 2.85. The van der Waals surface area contributed by atoms with E-state index in [2.05, 4.69) is 5.32 Å². The van der Waals surface area contributed by atoms with Gasteiger partial charge in [-0.05, 0) is 23.3 Å². The van der Waals surface area contributed by atoms with E-state index in [1.54, 1.807) is 43.5 Å². The fourth-order valence-corrected chi connectivity index (χ4v) is 3.74. The summed E-state index contributed by atoms with van der Waals surface area (Å²) in [6.07, 6.45) is 1.67. The summed E-state index contributed by atoms with van der Waals surface area (Å²) < 4.78 is 38.7. The van der Waals surface area contributed by atoms with Gasteiger partial charge in [-0.2, -0.15) is 0 Å². The molecule has 9 nitrogen and oxygen atoms in total. The van der Waals surface area contributed by atoms with Gasteiger partial charge in [0.2, 0.25) is 0 Å². The molecule has 0 saturated carbocycles. The maximum Gasteiger partial charge on any atom is 0.303 e. The van der Waals surface area contributed by atoms with E-state index in [9.17, 15) is 14.1 Å². The molecule has 0 fully saturated rings. The molecule has 1 amide bonds. The van der Waals surface area contributed by atoms with Crippen LogP contribution in [0.25, 0.3) is 6.08 Å². The highest BCUT2D eigenvalue weighted by Gasteiger charge is 2.15. The second-order valence-electron chi connectivity index (χ2n) is 6.64. The van der Waals surface area contributed by atoms with Crippen molar-refractivity contribution in [3.8, 4) is 23.0 Å². The van der Waals surface area contributed by atoms with E-state index in [1.165, 1.54) is 33.7 Å². The third-order valence-electron chi connectivity index (χ3n) is 4.39. The largest absolute Gasteiger partial charge is 0.612 e. The monoisotopic (exact) mass is 477 g/mol. The van der Waals surface area contributed by atoms with E-state index in [1.807, 2.05) is 0 Å². The van der Waals surface area contributed by atoms with E-state index in [-0.39, 0.29) is 5.75 Å². The van der Waals surface area contributed by atoms with Crippen LogP contribution < -0.4 is 24.3 Å². The molecule has 1 N–H and O–H groups in total. The van der Waals surface area contributed by atoms with Gasteiger partial charge in [-0.3, -0.25) is 9.59 Å². The van der Waals surface area contributed by atoms with Crippen molar-refractivity contribution in [2.24, 2.45) is 0 Å². The van der Waals surface area contributed by atoms with Crippen molar-refractivity contribution >= 4 is 34.8 Å². The van der Waals surface area contributed by atoms with Crippen molar-refractivity contribution in [1.82, 2.24) is 0 Å². The molecule has 0 aliphatic carbocycles. The van der Waals surface area contributed by atoms with Crippen molar-refractivity contribution < 1.29 is 37.8 Å². The van der Waals surface area contributed by atoms with Gasteiger partial charge in [-0.15, -0.1) is 0 Å². The van der Waals surface area contributed by atoms with E-state index >= 15 is 0 Å². The summed E-state index contributed by atoms with van der Waals surface area (Å²) in [5.41, 5.74) is 1.71. The number of hydrogen-bond donors (Lipinski definition) is 1. The highest BCUT2D eigenvalue weighted by molar-refractivity contribution is 7.93. The van der Waals surface area contributed by atoms with Crippen LogP contribution in [0.4, 0.5) is 5.69 Å². The molecule has 0 aromatic heterocycles. The smallest absolute Gasteiger partial charge is 0.303 e. The van der Waals surface area contributed by atoms with Crippen LogP contribution in [-0.2, 0) is 31.3 Å². The zero-order valence-corrected chi connectivity index (χ0v) is 19.9. The molecule has 0 radical (unpaired) electrons. The third-order valence-corrected chi connectivity index (χ3v) is 5.45. The van der Waals surface area contributed by atoms with Crippen molar-refractivity contribution in [2.45, 2.75) is 12.7 Å². The van der Waals surface area contributed by atoms with E-state index in [0.717, 1.165) is 0 Å². The zero-order chi connectivity index (χ0) is 24.4. The molecule has 178 valence electrons. The average molecular weight is 478 g/mol. The minimum Gasteiger partial charge on any atom is -0.612 e. The lowest BCUT2D eigenvalue weighted by Gasteiger charge is -2.14. The minimum absolute atomic E-state index is 0.189. The number of methoxy groups -OCH3 is 4. The predicted octanol–water partition coefficient (Wildman–Crippen LogP) is 3.14. The first-order chi connectivity index (χ1) is 15.8. The number of anilines is 1. The fraction of sp³-hybridized carbons (Fsp3) is 0.304. The number of rotatable bonds is 11. The standard InChI is InChI=1S/C23H27NO8S/c1-15(25)32-13-23(26)24-19-10-16(6-7-20(19)29-3)14-33(27)9-8-18-21(30-4)11-17(28-2)12-22(18)31-5/h6-12H,13-14H2,1-5H3,(H,24,26)/b9-8+. The first kappa shape index (κ1) is 25.9. The Labute approximate surface area is 195 Å². The number of amides is 1. The van der Waals surface area contributed by atoms with Crippen LogP contribution in [0.3, 0.4) is 0 Å². The summed E-state index contributed by atoms with van der Waals surface area (Å²) >= 11 is -1.38. The third kappa shape index (κ3) is 7.62. The highest BCUT2D eigenvalue weighted by Crippen LogP contribution is 2.35. The number of esters is 1. The molecule has 2 aromatic rings. The molecule has 0 aliphatic rings. The van der Waals surface area contributed by atoms with Crippen LogP contribution in [-0.4, -0.2) is 51.5 Å². The Morgan fingerprint density at radius 1 is 0.970 bits per heavy atom. The number of hydrogen-bond acceptors (Lipinski definition) is 8. The Morgan fingerprint density at radius 3 is 2.15 bits per heavy atom. The number of ether oxygens (including phenoxy) is 5. The van der Waals surface area contributed by atoms with Crippen LogP contribution in [0.2, 0.25) is 0 Å². The second-order valence-corrected chi connectivity index (χ2v) is 7.96. The lowest BCUT2D eigenvalue weighted by atomic mass is 10.1. The number of carbonyl (C=O) groups excluding carboxylic acids is 2. The predicted molar refractivity (Wildman–Crippen MR) is 125 cm³/mol. The number of benzene rings is 2. The second kappa shape index (κ2) is 12.6. The van der Waals surface area contributed by atoms with E-state index in [4.69, 9.17) is 23.7 Å². The van der Waals surface area contributed by atoms with Crippen LogP contribution in [0.1, 0.15) is 18.1 Å². The molecule has 0 bridgehead atoms. The van der Waals surface area contributed by atoms with Crippen molar-refractivity contribution in [2.75, 3.05) is 40.4 Å². The molecule has 0 saturated heterocycles. The topological polar surface area (TPSA) is 115 Å². The molecule has 0 aliphatic heterocycles. The Kier molecular flexibility index (Phi) is 9.89. The van der Waals surface area contributed by atoms with Gasteiger partial charge in [-0.25, -0.2) is 0 Å². The maximum absolute atomic E-state index is 12.7. The van der Waals surface area contributed by atoms with Gasteiger partial charge in [0.15, 0.2) is 6.61 Å². The Morgan fingerprint density at radius 2 is 1.61 bits per heavy atom. The van der Waals surface area contributed by atoms with Gasteiger partial charge in [0.05, 0.1) is 39.7 Å². The van der Waals surface area contributed by atoms with Gasteiger partial charge >= 0.3 is 5.97 Å². The number of carbonyl (C=O) groups is 2. The number of nitrogens with one attached hydrogen (secondary N) is 1. The van der Waals surface area contributed by atoms with E-state index in [0.29, 0.717) is 39.8 Å². The van der Waals surface area contributed by atoms with Gasteiger partial charge in [0.25, 0.3) is 5.91 Å². The first-order valence-electron chi connectivity index (χ1n) is 9.76. The Balaban J connectivity index is 2.17. The quantitative estimate of drug-likeness (QED) is 0.388. The van der Waals surface area contributed by atoms with Crippen LogP contribution in [0, 0.1) is 0 Å². The van der Waals surface area contributed by atoms with Crippen molar-refractivity contribution in [3.05, 3.63) is 46.9 Å². The summed E-state index contributed by atoms with van der Waals surface area (Å²) in [6, 6.07) is 8.48. The molecule has 0 heterocycles. The lowest BCUT2D eigenvalue weighted by molar-refractivity contribution is -0.144. The Hall–Kier alpha value is -3.37. The Bertz CT molecular complexity index is 983.